The summed E-state index contributed by atoms with van der Waals surface area (Å²) in [5, 5.41) is 24.7. The number of piperidine rings is 1. The summed E-state index contributed by atoms with van der Waals surface area (Å²) < 4.78 is 11.2. The van der Waals surface area contributed by atoms with Crippen molar-refractivity contribution in [3.63, 3.8) is 0 Å². The van der Waals surface area contributed by atoms with Crippen LogP contribution in [-0.2, 0) is 17.9 Å². The molecule has 1 fully saturated rings. The molecule has 1 aromatic heterocycles. The Labute approximate surface area is 246 Å². The quantitative estimate of drug-likeness (QED) is 0.201. The summed E-state index contributed by atoms with van der Waals surface area (Å²) in [6, 6.07) is 26.1. The van der Waals surface area contributed by atoms with Crippen LogP contribution in [0.1, 0.15) is 41.2 Å². The average molecular weight is 568 g/mol. The monoisotopic (exact) mass is 567 g/mol. The molecule has 1 atom stereocenters. The number of fused-ring (bicyclic) bond motifs is 1. The number of carboxylic acids is 1. The van der Waals surface area contributed by atoms with Gasteiger partial charge in [-0.25, -0.2) is 9.78 Å². The van der Waals surface area contributed by atoms with Gasteiger partial charge in [-0.1, -0.05) is 54.6 Å². The van der Waals surface area contributed by atoms with Crippen molar-refractivity contribution in [2.24, 2.45) is 0 Å². The lowest BCUT2D eigenvalue weighted by molar-refractivity contribution is -0.131. The molecule has 0 bridgehead atoms. The molecule has 2 heterocycles. The zero-order chi connectivity index (χ0) is 29.3. The minimum Gasteiger partial charge on any atom is -0.489 e. The van der Waals surface area contributed by atoms with E-state index in [0.29, 0.717) is 36.2 Å². The molecule has 218 valence electrons. The molecule has 4 aromatic rings. The van der Waals surface area contributed by atoms with E-state index in [-0.39, 0.29) is 0 Å². The van der Waals surface area contributed by atoms with Crippen LogP contribution in [0.2, 0.25) is 0 Å². The van der Waals surface area contributed by atoms with Gasteiger partial charge in [-0.2, -0.15) is 0 Å². The number of likely N-dealkylation sites (tertiary alicyclic amines) is 1. The molecule has 3 aromatic carbocycles. The van der Waals surface area contributed by atoms with Crippen molar-refractivity contribution in [2.75, 3.05) is 26.7 Å². The topological polar surface area (TPSA) is 104 Å². The Morgan fingerprint density at radius 2 is 1.79 bits per heavy atom. The number of hydrogen-bond donors (Lipinski definition) is 3. The second kappa shape index (κ2) is 14.1. The molecule has 0 radical (unpaired) electrons. The summed E-state index contributed by atoms with van der Waals surface area (Å²) in [4.78, 5) is 17.9. The second-order valence-electron chi connectivity index (χ2n) is 10.6. The first-order chi connectivity index (χ1) is 20.5. The molecule has 8 heteroatoms. The Kier molecular flexibility index (Phi) is 9.82. The number of hydrogen-bond acceptors (Lipinski definition) is 7. The molecular formula is C34H37N3O5. The van der Waals surface area contributed by atoms with E-state index in [1.54, 1.807) is 19.3 Å². The third kappa shape index (κ3) is 7.73. The van der Waals surface area contributed by atoms with Gasteiger partial charge < -0.3 is 29.9 Å². The third-order valence-electron chi connectivity index (χ3n) is 7.66. The summed E-state index contributed by atoms with van der Waals surface area (Å²) in [7, 11) is 1.55. The van der Waals surface area contributed by atoms with E-state index >= 15 is 0 Å². The SMILES string of the molecule is COc1ccc2c(/C=C/C(=O)O)ccc(C(O)CN3CCC(NCc4ccc(OCc5ccccc5)cc4)CC3)c2n1. The largest absolute Gasteiger partial charge is 0.489 e. The van der Waals surface area contributed by atoms with Crippen molar-refractivity contribution >= 4 is 22.9 Å². The Bertz CT molecular complexity index is 1500. The number of aliphatic hydroxyl groups is 1. The molecule has 0 saturated carbocycles. The van der Waals surface area contributed by atoms with Crippen LogP contribution >= 0.6 is 0 Å². The Morgan fingerprint density at radius 3 is 2.50 bits per heavy atom. The van der Waals surface area contributed by atoms with Gasteiger partial charge in [-0.3, -0.25) is 0 Å². The van der Waals surface area contributed by atoms with Gasteiger partial charge >= 0.3 is 5.97 Å². The number of aliphatic carboxylic acids is 1. The smallest absolute Gasteiger partial charge is 0.328 e. The van der Waals surface area contributed by atoms with Crippen LogP contribution in [0.4, 0.5) is 0 Å². The lowest BCUT2D eigenvalue weighted by atomic mass is 9.98. The minimum atomic E-state index is -1.02. The first kappa shape index (κ1) is 29.3. The van der Waals surface area contributed by atoms with Crippen LogP contribution in [0.15, 0.2) is 84.9 Å². The van der Waals surface area contributed by atoms with E-state index in [1.807, 2.05) is 48.5 Å². The number of carbonyl (C=O) groups is 1. The molecule has 1 aliphatic rings. The van der Waals surface area contributed by atoms with Crippen molar-refractivity contribution in [1.29, 1.82) is 0 Å². The molecule has 1 unspecified atom stereocenters. The molecular weight excluding hydrogens is 530 g/mol. The number of aromatic nitrogens is 1. The van der Waals surface area contributed by atoms with E-state index in [2.05, 4.69) is 39.5 Å². The number of pyridine rings is 1. The van der Waals surface area contributed by atoms with Crippen LogP contribution in [0.3, 0.4) is 0 Å². The van der Waals surface area contributed by atoms with Gasteiger partial charge in [0.2, 0.25) is 5.88 Å². The van der Waals surface area contributed by atoms with Crippen molar-refractivity contribution in [3.05, 3.63) is 107 Å². The van der Waals surface area contributed by atoms with Gasteiger partial charge in [0.1, 0.15) is 12.4 Å². The molecule has 5 rings (SSSR count). The van der Waals surface area contributed by atoms with E-state index in [0.717, 1.165) is 60.8 Å². The molecule has 8 nitrogen and oxygen atoms in total. The maximum Gasteiger partial charge on any atom is 0.328 e. The van der Waals surface area contributed by atoms with Gasteiger partial charge in [0.15, 0.2) is 0 Å². The van der Waals surface area contributed by atoms with Gasteiger partial charge in [0, 0.05) is 42.2 Å². The highest BCUT2D eigenvalue weighted by Crippen LogP contribution is 2.30. The van der Waals surface area contributed by atoms with Crippen molar-refractivity contribution in [2.45, 2.75) is 38.1 Å². The number of benzene rings is 3. The molecule has 1 aliphatic heterocycles. The summed E-state index contributed by atoms with van der Waals surface area (Å²) >= 11 is 0. The van der Waals surface area contributed by atoms with Crippen molar-refractivity contribution in [3.8, 4) is 11.6 Å². The summed E-state index contributed by atoms with van der Waals surface area (Å²) in [6.07, 6.45) is 3.90. The number of nitrogens with zero attached hydrogens (tertiary/aromatic N) is 2. The Balaban J connectivity index is 1.12. The zero-order valence-corrected chi connectivity index (χ0v) is 23.8. The number of β-amino-alcohol motifs (C(OH)–C–C–N with tert-alkyl or cyclic N) is 1. The highest BCUT2D eigenvalue weighted by atomic mass is 16.5. The minimum absolute atomic E-state index is 0.416. The van der Waals surface area contributed by atoms with Crippen LogP contribution in [0.5, 0.6) is 11.6 Å². The maximum atomic E-state index is 11.2. The summed E-state index contributed by atoms with van der Waals surface area (Å²) in [5.74, 6) is 0.285. The standard InChI is InChI=1S/C34H37N3O5/c1-41-32-15-14-29-26(10-16-33(39)40)9-13-30(34(29)36-32)31(38)22-37-19-17-27(18-20-37)35-21-24-7-11-28(12-8-24)42-23-25-5-3-2-4-6-25/h2-16,27,31,35,38H,17-23H2,1H3,(H,39,40)/b16-10+. The van der Waals surface area contributed by atoms with Crippen molar-refractivity contribution in [1.82, 2.24) is 15.2 Å². The van der Waals surface area contributed by atoms with Crippen LogP contribution in [0, 0.1) is 0 Å². The zero-order valence-electron chi connectivity index (χ0n) is 23.8. The van der Waals surface area contributed by atoms with Crippen LogP contribution in [0.25, 0.3) is 17.0 Å². The van der Waals surface area contributed by atoms with E-state index in [4.69, 9.17) is 14.6 Å². The average Bonchev–Trinajstić information content (AvgIpc) is 3.02. The summed E-state index contributed by atoms with van der Waals surface area (Å²) in [5.41, 5.74) is 4.40. The Morgan fingerprint density at radius 1 is 1.02 bits per heavy atom. The predicted octanol–water partition coefficient (Wildman–Crippen LogP) is 5.21. The Hall–Kier alpha value is -4.24. The number of aliphatic hydroxyl groups excluding tert-OH is 1. The first-order valence-electron chi connectivity index (χ1n) is 14.3. The first-order valence-corrected chi connectivity index (χ1v) is 14.3. The number of ether oxygens (including phenoxy) is 2. The number of methoxy groups -OCH3 is 1. The molecule has 0 amide bonds. The van der Waals surface area contributed by atoms with Crippen molar-refractivity contribution < 1.29 is 24.5 Å². The fourth-order valence-corrected chi connectivity index (χ4v) is 5.30. The predicted molar refractivity (Wildman–Crippen MR) is 163 cm³/mol. The molecule has 42 heavy (non-hydrogen) atoms. The van der Waals surface area contributed by atoms with Crippen LogP contribution in [-0.4, -0.2) is 58.9 Å². The number of nitrogens with one attached hydrogen (secondary N) is 1. The number of rotatable bonds is 12. The maximum absolute atomic E-state index is 11.2. The van der Waals surface area contributed by atoms with Gasteiger partial charge in [0.05, 0.1) is 18.7 Å². The number of carboxylic acid groups (broad SMARTS) is 1. The van der Waals surface area contributed by atoms with Gasteiger partial charge in [0.25, 0.3) is 0 Å². The van der Waals surface area contributed by atoms with E-state index in [1.165, 1.54) is 5.56 Å². The molecule has 3 N–H and O–H groups in total. The lowest BCUT2D eigenvalue weighted by Crippen LogP contribution is -2.43. The highest BCUT2D eigenvalue weighted by Gasteiger charge is 2.23. The lowest BCUT2D eigenvalue weighted by Gasteiger charge is -2.33. The third-order valence-corrected chi connectivity index (χ3v) is 7.66. The second-order valence-corrected chi connectivity index (χ2v) is 10.6. The van der Waals surface area contributed by atoms with E-state index in [9.17, 15) is 9.90 Å². The van der Waals surface area contributed by atoms with Gasteiger partial charge in [-0.15, -0.1) is 0 Å². The van der Waals surface area contributed by atoms with E-state index < -0.39 is 12.1 Å². The fraction of sp³-hybridized carbons (Fsp3) is 0.294. The highest BCUT2D eigenvalue weighted by molar-refractivity contribution is 5.94. The summed E-state index contributed by atoms with van der Waals surface area (Å²) in [6.45, 7) is 3.62. The van der Waals surface area contributed by atoms with Crippen LogP contribution < -0.4 is 14.8 Å². The molecule has 1 saturated heterocycles. The fourth-order valence-electron chi connectivity index (χ4n) is 5.30. The molecule has 0 spiro atoms. The molecule has 0 aliphatic carbocycles. The normalized spacial score (nSPS) is 15.2. The van der Waals surface area contributed by atoms with Gasteiger partial charge in [-0.05, 0) is 66.9 Å².